The molecular weight excluding hydrogens is 230 g/mol. The normalized spacial score (nSPS) is 10.4. The number of aromatic nitrogens is 4. The number of hydrogen-bond donors (Lipinski definition) is 1. The molecule has 0 amide bonds. The van der Waals surface area contributed by atoms with Crippen molar-refractivity contribution in [2.45, 2.75) is 20.3 Å². The quantitative estimate of drug-likeness (QED) is 0.879. The van der Waals surface area contributed by atoms with Crippen molar-refractivity contribution in [3.8, 4) is 17.4 Å². The molecule has 0 fully saturated rings. The fourth-order valence-corrected chi connectivity index (χ4v) is 1.59. The fraction of sp³-hybridized carbons (Fsp3) is 0.333. The maximum absolute atomic E-state index is 5.87. The van der Waals surface area contributed by atoms with Crippen LogP contribution < -0.4 is 10.5 Å². The Labute approximate surface area is 105 Å². The smallest absolute Gasteiger partial charge is 0.233 e. The Hall–Kier alpha value is -2.24. The number of hydrogen-bond acceptors (Lipinski definition) is 6. The van der Waals surface area contributed by atoms with Gasteiger partial charge in [-0.3, -0.25) is 0 Å². The van der Waals surface area contributed by atoms with Gasteiger partial charge in [0.15, 0.2) is 5.82 Å². The van der Waals surface area contributed by atoms with E-state index in [0.717, 1.165) is 17.7 Å². The fourth-order valence-electron chi connectivity index (χ4n) is 1.59. The lowest BCUT2D eigenvalue weighted by Gasteiger charge is -2.07. The van der Waals surface area contributed by atoms with Crippen molar-refractivity contribution in [1.82, 2.24) is 20.2 Å². The summed E-state index contributed by atoms with van der Waals surface area (Å²) < 4.78 is 4.95. The molecule has 6 nitrogen and oxygen atoms in total. The van der Waals surface area contributed by atoms with E-state index in [4.69, 9.17) is 10.5 Å². The van der Waals surface area contributed by atoms with Gasteiger partial charge in [-0.15, -0.1) is 10.2 Å². The standard InChI is InChI=1S/C12H15N5O/c1-4-8-7(2)11(13)15-12(14-8)9-5-6-10(18-3)17-16-9/h5-6H,4H2,1-3H3,(H2,13,14,15). The van der Waals surface area contributed by atoms with E-state index in [2.05, 4.69) is 20.2 Å². The highest BCUT2D eigenvalue weighted by Gasteiger charge is 2.10. The van der Waals surface area contributed by atoms with Crippen LogP contribution in [0.15, 0.2) is 12.1 Å². The van der Waals surface area contributed by atoms with Crippen molar-refractivity contribution in [2.24, 2.45) is 0 Å². The van der Waals surface area contributed by atoms with E-state index in [1.165, 1.54) is 0 Å². The number of ether oxygens (including phenoxy) is 1. The molecule has 0 aliphatic carbocycles. The number of rotatable bonds is 3. The summed E-state index contributed by atoms with van der Waals surface area (Å²) >= 11 is 0. The van der Waals surface area contributed by atoms with Crippen molar-refractivity contribution in [2.75, 3.05) is 12.8 Å². The van der Waals surface area contributed by atoms with E-state index in [9.17, 15) is 0 Å². The van der Waals surface area contributed by atoms with Crippen LogP contribution in [-0.4, -0.2) is 27.3 Å². The number of aryl methyl sites for hydroxylation is 1. The highest BCUT2D eigenvalue weighted by atomic mass is 16.5. The Kier molecular flexibility index (Phi) is 3.36. The zero-order valence-corrected chi connectivity index (χ0v) is 10.6. The van der Waals surface area contributed by atoms with Crippen LogP contribution in [0.1, 0.15) is 18.2 Å². The van der Waals surface area contributed by atoms with Gasteiger partial charge in [0.05, 0.1) is 7.11 Å². The van der Waals surface area contributed by atoms with Gasteiger partial charge in [-0.25, -0.2) is 9.97 Å². The molecule has 2 aromatic heterocycles. The first-order valence-corrected chi connectivity index (χ1v) is 5.66. The molecule has 0 atom stereocenters. The average molecular weight is 245 g/mol. The monoisotopic (exact) mass is 245 g/mol. The van der Waals surface area contributed by atoms with Crippen molar-refractivity contribution in [1.29, 1.82) is 0 Å². The maximum Gasteiger partial charge on any atom is 0.233 e. The Morgan fingerprint density at radius 3 is 2.56 bits per heavy atom. The Morgan fingerprint density at radius 1 is 1.22 bits per heavy atom. The van der Waals surface area contributed by atoms with Crippen LogP contribution in [0, 0.1) is 6.92 Å². The van der Waals surface area contributed by atoms with Crippen LogP contribution in [0.5, 0.6) is 5.88 Å². The summed E-state index contributed by atoms with van der Waals surface area (Å²) in [5.74, 6) is 1.43. The summed E-state index contributed by atoms with van der Waals surface area (Å²) in [5.41, 5.74) is 8.29. The molecule has 0 bridgehead atoms. The SMILES string of the molecule is CCc1nc(-c2ccc(OC)nn2)nc(N)c1C. The first kappa shape index (κ1) is 12.2. The van der Waals surface area contributed by atoms with E-state index in [-0.39, 0.29) is 0 Å². The van der Waals surface area contributed by atoms with Gasteiger partial charge in [-0.05, 0) is 19.4 Å². The molecule has 0 aliphatic heterocycles. The third-order valence-corrected chi connectivity index (χ3v) is 2.70. The van der Waals surface area contributed by atoms with E-state index < -0.39 is 0 Å². The Morgan fingerprint density at radius 2 is 2.00 bits per heavy atom. The third kappa shape index (κ3) is 2.22. The van der Waals surface area contributed by atoms with Crippen molar-refractivity contribution < 1.29 is 4.74 Å². The molecule has 0 saturated heterocycles. The lowest BCUT2D eigenvalue weighted by Crippen LogP contribution is -2.05. The van der Waals surface area contributed by atoms with Gasteiger partial charge < -0.3 is 10.5 Å². The van der Waals surface area contributed by atoms with Crippen LogP contribution >= 0.6 is 0 Å². The first-order chi connectivity index (χ1) is 8.65. The van der Waals surface area contributed by atoms with Crippen molar-refractivity contribution in [3.63, 3.8) is 0 Å². The number of nitrogens with zero attached hydrogens (tertiary/aromatic N) is 4. The largest absolute Gasteiger partial charge is 0.480 e. The third-order valence-electron chi connectivity index (χ3n) is 2.70. The number of methoxy groups -OCH3 is 1. The summed E-state index contributed by atoms with van der Waals surface area (Å²) in [4.78, 5) is 8.67. The first-order valence-electron chi connectivity index (χ1n) is 5.66. The molecule has 2 rings (SSSR count). The molecule has 94 valence electrons. The van der Waals surface area contributed by atoms with Gasteiger partial charge in [0, 0.05) is 17.3 Å². The van der Waals surface area contributed by atoms with Gasteiger partial charge in [0.2, 0.25) is 5.88 Å². The second kappa shape index (κ2) is 4.95. The summed E-state index contributed by atoms with van der Waals surface area (Å²) in [5, 5.41) is 7.90. The Balaban J connectivity index is 2.46. The van der Waals surface area contributed by atoms with E-state index in [1.807, 2.05) is 13.8 Å². The van der Waals surface area contributed by atoms with Crippen LogP contribution in [0.3, 0.4) is 0 Å². The predicted molar refractivity (Wildman–Crippen MR) is 68.1 cm³/mol. The molecule has 0 aliphatic rings. The minimum absolute atomic E-state index is 0.453. The number of nitrogens with two attached hydrogens (primary N) is 1. The summed E-state index contributed by atoms with van der Waals surface area (Å²) in [6.45, 7) is 3.94. The minimum atomic E-state index is 0.453. The molecule has 2 heterocycles. The number of anilines is 1. The van der Waals surface area contributed by atoms with Crippen LogP contribution in [0.2, 0.25) is 0 Å². The van der Waals surface area contributed by atoms with Gasteiger partial charge in [0.1, 0.15) is 11.5 Å². The topological polar surface area (TPSA) is 86.8 Å². The molecule has 0 aromatic carbocycles. The highest BCUT2D eigenvalue weighted by Crippen LogP contribution is 2.19. The van der Waals surface area contributed by atoms with Crippen molar-refractivity contribution in [3.05, 3.63) is 23.4 Å². The van der Waals surface area contributed by atoms with Crippen molar-refractivity contribution >= 4 is 5.82 Å². The second-order valence-corrected chi connectivity index (χ2v) is 3.82. The lowest BCUT2D eigenvalue weighted by molar-refractivity contribution is 0.392. The van der Waals surface area contributed by atoms with Gasteiger partial charge >= 0.3 is 0 Å². The summed E-state index contributed by atoms with van der Waals surface area (Å²) in [7, 11) is 1.54. The molecule has 0 saturated carbocycles. The Bertz CT molecular complexity index is 553. The van der Waals surface area contributed by atoms with Gasteiger partial charge in [0.25, 0.3) is 0 Å². The molecule has 0 radical (unpaired) electrons. The molecule has 6 heteroatoms. The molecule has 2 N–H and O–H groups in total. The minimum Gasteiger partial charge on any atom is -0.480 e. The molecule has 0 unspecified atom stereocenters. The van der Waals surface area contributed by atoms with Crippen LogP contribution in [-0.2, 0) is 6.42 Å². The highest BCUT2D eigenvalue weighted by molar-refractivity contribution is 5.54. The van der Waals surface area contributed by atoms with Gasteiger partial charge in [-0.2, -0.15) is 0 Å². The maximum atomic E-state index is 5.87. The lowest BCUT2D eigenvalue weighted by atomic mass is 10.2. The van der Waals surface area contributed by atoms with E-state index >= 15 is 0 Å². The average Bonchev–Trinajstić information content (AvgIpc) is 2.42. The predicted octanol–water partition coefficient (Wildman–Crippen LogP) is 1.40. The van der Waals surface area contributed by atoms with Crippen LogP contribution in [0.25, 0.3) is 11.5 Å². The summed E-state index contributed by atoms with van der Waals surface area (Å²) in [6.07, 6.45) is 0.801. The van der Waals surface area contributed by atoms with E-state index in [1.54, 1.807) is 19.2 Å². The summed E-state index contributed by atoms with van der Waals surface area (Å²) in [6, 6.07) is 3.47. The number of nitrogen functional groups attached to an aromatic ring is 1. The molecule has 2 aromatic rings. The molecular formula is C12H15N5O. The van der Waals surface area contributed by atoms with Crippen LogP contribution in [0.4, 0.5) is 5.82 Å². The molecule has 0 spiro atoms. The zero-order chi connectivity index (χ0) is 13.1. The van der Waals surface area contributed by atoms with E-state index in [0.29, 0.717) is 23.2 Å². The molecule has 18 heavy (non-hydrogen) atoms. The zero-order valence-electron chi connectivity index (χ0n) is 10.6. The second-order valence-electron chi connectivity index (χ2n) is 3.82. The van der Waals surface area contributed by atoms with Gasteiger partial charge in [-0.1, -0.05) is 6.92 Å².